The number of carbonyl (C=O) groups is 1. The van der Waals surface area contributed by atoms with Gasteiger partial charge in [-0.15, -0.1) is 0 Å². The van der Waals surface area contributed by atoms with Crippen LogP contribution < -0.4 is 5.69 Å². The van der Waals surface area contributed by atoms with Gasteiger partial charge in [-0.05, 0) is 31.5 Å². The SMILES string of the molecule is CCn1c(=O)n(CCC(=O)N(C)[C@H](C)c2cccc([N+](=O)[O-])c2)c2ccccc21. The van der Waals surface area contributed by atoms with E-state index in [0.29, 0.717) is 12.1 Å². The van der Waals surface area contributed by atoms with Crippen molar-refractivity contribution in [1.29, 1.82) is 0 Å². The van der Waals surface area contributed by atoms with Crippen molar-refractivity contribution in [2.24, 2.45) is 0 Å². The molecule has 0 aliphatic heterocycles. The zero-order valence-corrected chi connectivity index (χ0v) is 16.7. The number of rotatable bonds is 7. The Balaban J connectivity index is 1.77. The molecular weight excluding hydrogens is 372 g/mol. The normalized spacial score (nSPS) is 12.1. The molecule has 0 radical (unpaired) electrons. The van der Waals surface area contributed by atoms with E-state index in [1.165, 1.54) is 12.1 Å². The molecule has 0 saturated carbocycles. The minimum absolute atomic E-state index is 0.00544. The van der Waals surface area contributed by atoms with Crippen LogP contribution in [0.25, 0.3) is 11.0 Å². The standard InChI is InChI=1S/C21H24N4O4/c1-4-23-18-10-5-6-11-19(18)24(21(23)27)13-12-20(26)22(3)15(2)16-8-7-9-17(14-16)25(28)29/h5-11,14-15H,4,12-13H2,1-3H3/t15-/m1/s1. The molecule has 1 amide bonds. The van der Waals surface area contributed by atoms with Crippen LogP contribution in [-0.2, 0) is 17.9 Å². The van der Waals surface area contributed by atoms with Crippen LogP contribution in [-0.4, -0.2) is 31.9 Å². The van der Waals surface area contributed by atoms with Crippen LogP contribution in [0.1, 0.15) is 31.9 Å². The van der Waals surface area contributed by atoms with Crippen LogP contribution in [0.3, 0.4) is 0 Å². The molecule has 0 N–H and O–H groups in total. The molecule has 0 fully saturated rings. The van der Waals surface area contributed by atoms with Crippen molar-refractivity contribution >= 4 is 22.6 Å². The van der Waals surface area contributed by atoms with Crippen molar-refractivity contribution in [3.05, 3.63) is 74.7 Å². The molecule has 0 saturated heterocycles. The predicted octanol–water partition coefficient (Wildman–Crippen LogP) is 3.34. The van der Waals surface area contributed by atoms with Crippen molar-refractivity contribution in [1.82, 2.24) is 14.0 Å². The molecule has 0 unspecified atom stereocenters. The number of para-hydroxylation sites is 2. The molecule has 3 rings (SSSR count). The Morgan fingerprint density at radius 3 is 2.41 bits per heavy atom. The second kappa shape index (κ2) is 8.30. The molecule has 3 aromatic rings. The molecule has 0 spiro atoms. The highest BCUT2D eigenvalue weighted by Gasteiger charge is 2.20. The van der Waals surface area contributed by atoms with Gasteiger partial charge >= 0.3 is 5.69 Å². The van der Waals surface area contributed by atoms with Gasteiger partial charge in [0.25, 0.3) is 5.69 Å². The molecule has 0 bridgehead atoms. The van der Waals surface area contributed by atoms with Crippen LogP contribution >= 0.6 is 0 Å². The number of hydrogen-bond acceptors (Lipinski definition) is 4. The highest BCUT2D eigenvalue weighted by Crippen LogP contribution is 2.23. The maximum atomic E-state index is 12.7. The number of nitrogens with zero attached hydrogens (tertiary/aromatic N) is 4. The first-order valence-electron chi connectivity index (χ1n) is 9.53. The van der Waals surface area contributed by atoms with E-state index in [1.807, 2.05) is 38.1 Å². The third-order valence-electron chi connectivity index (χ3n) is 5.33. The van der Waals surface area contributed by atoms with Gasteiger partial charge in [0.05, 0.1) is 22.0 Å². The minimum atomic E-state index is -0.450. The summed E-state index contributed by atoms with van der Waals surface area (Å²) >= 11 is 0. The molecule has 8 heteroatoms. The zero-order chi connectivity index (χ0) is 21.1. The summed E-state index contributed by atoms with van der Waals surface area (Å²) in [5.41, 5.74) is 2.21. The predicted molar refractivity (Wildman–Crippen MR) is 111 cm³/mol. The van der Waals surface area contributed by atoms with E-state index in [1.54, 1.807) is 33.2 Å². The fourth-order valence-corrected chi connectivity index (χ4v) is 3.52. The quantitative estimate of drug-likeness (QED) is 0.452. The lowest BCUT2D eigenvalue weighted by Gasteiger charge is -2.25. The molecule has 152 valence electrons. The van der Waals surface area contributed by atoms with E-state index in [4.69, 9.17) is 0 Å². The second-order valence-corrected chi connectivity index (χ2v) is 6.95. The number of nitro benzene ring substituents is 1. The molecule has 8 nitrogen and oxygen atoms in total. The average Bonchev–Trinajstić information content (AvgIpc) is 3.01. The maximum Gasteiger partial charge on any atom is 0.329 e. The van der Waals surface area contributed by atoms with Crippen LogP contribution in [0.4, 0.5) is 5.69 Å². The van der Waals surface area contributed by atoms with E-state index in [2.05, 4.69) is 0 Å². The third-order valence-corrected chi connectivity index (χ3v) is 5.33. The van der Waals surface area contributed by atoms with Gasteiger partial charge in [0, 0.05) is 38.7 Å². The number of non-ortho nitro benzene ring substituents is 1. The van der Waals surface area contributed by atoms with Crippen LogP contribution in [0, 0.1) is 10.1 Å². The summed E-state index contributed by atoms with van der Waals surface area (Å²) in [5.74, 6) is -0.135. The van der Waals surface area contributed by atoms with Gasteiger partial charge in [0.15, 0.2) is 0 Å². The number of aromatic nitrogens is 2. The number of hydrogen-bond donors (Lipinski definition) is 0. The fraction of sp³-hybridized carbons (Fsp3) is 0.333. The minimum Gasteiger partial charge on any atom is -0.339 e. The van der Waals surface area contributed by atoms with Crippen LogP contribution in [0.2, 0.25) is 0 Å². The number of benzene rings is 2. The van der Waals surface area contributed by atoms with Gasteiger partial charge in [-0.2, -0.15) is 0 Å². The highest BCUT2D eigenvalue weighted by molar-refractivity contribution is 5.78. The Morgan fingerprint density at radius 1 is 1.14 bits per heavy atom. The molecule has 29 heavy (non-hydrogen) atoms. The smallest absolute Gasteiger partial charge is 0.329 e. The van der Waals surface area contributed by atoms with Gasteiger partial charge in [-0.25, -0.2) is 4.79 Å². The van der Waals surface area contributed by atoms with Crippen molar-refractivity contribution < 1.29 is 9.72 Å². The lowest BCUT2D eigenvalue weighted by atomic mass is 10.1. The zero-order valence-electron chi connectivity index (χ0n) is 16.7. The Labute approximate surface area is 168 Å². The molecule has 2 aromatic carbocycles. The van der Waals surface area contributed by atoms with Gasteiger partial charge in [0.2, 0.25) is 5.91 Å². The van der Waals surface area contributed by atoms with Crippen molar-refractivity contribution in [2.75, 3.05) is 7.05 Å². The first-order chi connectivity index (χ1) is 13.8. The molecular formula is C21H24N4O4. The summed E-state index contributed by atoms with van der Waals surface area (Å²) in [6.07, 6.45) is 0.160. The van der Waals surface area contributed by atoms with E-state index in [-0.39, 0.29) is 36.3 Å². The second-order valence-electron chi connectivity index (χ2n) is 6.95. The average molecular weight is 396 g/mol. The molecule has 1 atom stereocenters. The number of imidazole rings is 1. The summed E-state index contributed by atoms with van der Waals surface area (Å²) in [6.45, 7) is 4.57. The lowest BCUT2D eigenvalue weighted by molar-refractivity contribution is -0.384. The number of aryl methyl sites for hydroxylation is 2. The molecule has 1 heterocycles. The first-order valence-corrected chi connectivity index (χ1v) is 9.53. The Bertz CT molecular complexity index is 1120. The number of nitro groups is 1. The summed E-state index contributed by atoms with van der Waals surface area (Å²) in [6, 6.07) is 13.5. The molecule has 0 aliphatic rings. The monoisotopic (exact) mass is 396 g/mol. The number of amides is 1. The fourth-order valence-electron chi connectivity index (χ4n) is 3.52. The van der Waals surface area contributed by atoms with Gasteiger partial charge in [0.1, 0.15) is 0 Å². The Morgan fingerprint density at radius 2 is 1.79 bits per heavy atom. The van der Waals surface area contributed by atoms with E-state index >= 15 is 0 Å². The number of fused-ring (bicyclic) bond motifs is 1. The van der Waals surface area contributed by atoms with E-state index in [0.717, 1.165) is 11.0 Å². The summed E-state index contributed by atoms with van der Waals surface area (Å²) in [7, 11) is 1.67. The first kappa shape index (κ1) is 20.3. The third kappa shape index (κ3) is 3.91. The van der Waals surface area contributed by atoms with Crippen LogP contribution in [0.5, 0.6) is 0 Å². The summed E-state index contributed by atoms with van der Waals surface area (Å²) in [4.78, 5) is 37.5. The van der Waals surface area contributed by atoms with E-state index in [9.17, 15) is 19.7 Å². The van der Waals surface area contributed by atoms with Crippen LogP contribution in [0.15, 0.2) is 53.3 Å². The van der Waals surface area contributed by atoms with Gasteiger partial charge in [-0.3, -0.25) is 24.0 Å². The topological polar surface area (TPSA) is 90.4 Å². The highest BCUT2D eigenvalue weighted by atomic mass is 16.6. The maximum absolute atomic E-state index is 12.7. The van der Waals surface area contributed by atoms with Crippen molar-refractivity contribution in [2.45, 2.75) is 39.4 Å². The molecule has 0 aliphatic carbocycles. The summed E-state index contributed by atoms with van der Waals surface area (Å²) in [5, 5.41) is 11.0. The summed E-state index contributed by atoms with van der Waals surface area (Å²) < 4.78 is 3.32. The van der Waals surface area contributed by atoms with Gasteiger partial charge < -0.3 is 4.90 Å². The largest absolute Gasteiger partial charge is 0.339 e. The number of carbonyl (C=O) groups excluding carboxylic acids is 1. The van der Waals surface area contributed by atoms with Gasteiger partial charge in [-0.1, -0.05) is 24.3 Å². The Hall–Kier alpha value is -3.42. The lowest BCUT2D eigenvalue weighted by Crippen LogP contribution is -2.32. The van der Waals surface area contributed by atoms with Crippen molar-refractivity contribution in [3.8, 4) is 0 Å². The molecule has 1 aromatic heterocycles. The van der Waals surface area contributed by atoms with Crippen molar-refractivity contribution in [3.63, 3.8) is 0 Å². The van der Waals surface area contributed by atoms with E-state index < -0.39 is 4.92 Å². The Kier molecular flexibility index (Phi) is 5.81.